The topological polar surface area (TPSA) is 101 Å². The lowest BCUT2D eigenvalue weighted by Gasteiger charge is -2.32. The van der Waals surface area contributed by atoms with E-state index in [1.807, 2.05) is 32.1 Å². The van der Waals surface area contributed by atoms with E-state index in [1.54, 1.807) is 18.2 Å². The second kappa shape index (κ2) is 14.0. The van der Waals surface area contributed by atoms with Crippen LogP contribution >= 0.6 is 0 Å². The summed E-state index contributed by atoms with van der Waals surface area (Å²) >= 11 is 0. The third-order valence-electron chi connectivity index (χ3n) is 6.68. The Balaban J connectivity index is 1.91. The molecule has 7 nitrogen and oxygen atoms in total. The molecule has 1 saturated heterocycles. The highest BCUT2D eigenvalue weighted by molar-refractivity contribution is 5.55. The van der Waals surface area contributed by atoms with Gasteiger partial charge in [0.05, 0.1) is 29.1 Å². The molecule has 198 valence electrons. The first-order valence-electron chi connectivity index (χ1n) is 13.0. The lowest BCUT2D eigenvalue weighted by molar-refractivity contribution is 0.152. The van der Waals surface area contributed by atoms with Crippen molar-refractivity contribution < 1.29 is 4.74 Å². The number of hydrogen-bond acceptors (Lipinski definition) is 7. The van der Waals surface area contributed by atoms with Gasteiger partial charge in [-0.3, -0.25) is 0 Å². The van der Waals surface area contributed by atoms with Crippen LogP contribution in [-0.4, -0.2) is 49.6 Å². The predicted molar refractivity (Wildman–Crippen MR) is 153 cm³/mol. The Morgan fingerprint density at radius 2 is 1.76 bits per heavy atom. The molecular formula is C31H38N6O. The van der Waals surface area contributed by atoms with E-state index in [2.05, 4.69) is 53.0 Å². The maximum Gasteiger partial charge on any atom is 0.132 e. The van der Waals surface area contributed by atoms with Crippen LogP contribution in [0.3, 0.4) is 0 Å². The van der Waals surface area contributed by atoms with Crippen LogP contribution < -0.4 is 15.8 Å². The van der Waals surface area contributed by atoms with Crippen molar-refractivity contribution in [2.24, 2.45) is 5.73 Å². The molecule has 1 aliphatic rings. The Bertz CT molecular complexity index is 1230. The number of nitrogens with zero attached hydrogens (tertiary/aromatic N) is 4. The van der Waals surface area contributed by atoms with Crippen molar-refractivity contribution >= 4 is 5.69 Å². The molecule has 0 unspecified atom stereocenters. The minimum Gasteiger partial charge on any atom is -0.461 e. The first kappa shape index (κ1) is 28.5. The van der Waals surface area contributed by atoms with Crippen LogP contribution in [0.2, 0.25) is 0 Å². The van der Waals surface area contributed by atoms with Gasteiger partial charge in [-0.15, -0.1) is 0 Å². The molecule has 2 aromatic carbocycles. The van der Waals surface area contributed by atoms with Gasteiger partial charge in [-0.1, -0.05) is 18.7 Å². The van der Waals surface area contributed by atoms with E-state index in [4.69, 9.17) is 21.0 Å². The van der Waals surface area contributed by atoms with Crippen molar-refractivity contribution in [3.8, 4) is 17.9 Å². The van der Waals surface area contributed by atoms with Crippen LogP contribution in [0.4, 0.5) is 5.69 Å². The van der Waals surface area contributed by atoms with Crippen LogP contribution in [0.1, 0.15) is 35.1 Å². The molecule has 7 heteroatoms. The number of ether oxygens (including phenoxy) is 1. The molecule has 0 saturated carbocycles. The number of anilines is 1. The molecule has 38 heavy (non-hydrogen) atoms. The SMILES string of the molecule is C=C/C(N)=C(\C=C(/CCN1CCN(C)CC1)Oc1c(C)cc(CCC#N)cc1C)Nc1ccc(C#N)cc1. The number of aryl methyl sites for hydroxylation is 3. The Morgan fingerprint density at radius 1 is 1.11 bits per heavy atom. The summed E-state index contributed by atoms with van der Waals surface area (Å²) in [5.41, 5.74) is 12.1. The first-order valence-corrected chi connectivity index (χ1v) is 13.0. The molecule has 1 aliphatic heterocycles. The van der Waals surface area contributed by atoms with Crippen molar-refractivity contribution in [3.63, 3.8) is 0 Å². The Morgan fingerprint density at radius 3 is 2.34 bits per heavy atom. The summed E-state index contributed by atoms with van der Waals surface area (Å²) < 4.78 is 6.60. The van der Waals surface area contributed by atoms with Crippen molar-refractivity contribution in [2.75, 3.05) is 45.1 Å². The third-order valence-corrected chi connectivity index (χ3v) is 6.68. The molecule has 1 heterocycles. The monoisotopic (exact) mass is 510 g/mol. The average molecular weight is 511 g/mol. The summed E-state index contributed by atoms with van der Waals surface area (Å²) in [5, 5.41) is 21.5. The first-order chi connectivity index (χ1) is 18.3. The van der Waals surface area contributed by atoms with Gasteiger partial charge >= 0.3 is 0 Å². The fourth-order valence-electron chi connectivity index (χ4n) is 4.42. The van der Waals surface area contributed by atoms with Crippen LogP contribution in [-0.2, 0) is 6.42 Å². The van der Waals surface area contributed by atoms with Crippen LogP contribution in [0, 0.1) is 36.5 Å². The number of hydrogen-bond donors (Lipinski definition) is 2. The molecule has 2 aromatic rings. The van der Waals surface area contributed by atoms with E-state index < -0.39 is 0 Å². The molecule has 0 aliphatic carbocycles. The van der Waals surface area contributed by atoms with E-state index in [0.717, 1.165) is 73.0 Å². The summed E-state index contributed by atoms with van der Waals surface area (Å²) in [4.78, 5) is 4.80. The number of benzene rings is 2. The number of nitrogens with two attached hydrogens (primary N) is 1. The fraction of sp³-hybridized carbons (Fsp3) is 0.355. The van der Waals surface area contributed by atoms with E-state index in [-0.39, 0.29) is 0 Å². The molecule has 0 atom stereocenters. The van der Waals surface area contributed by atoms with E-state index in [0.29, 0.717) is 29.8 Å². The van der Waals surface area contributed by atoms with Crippen LogP contribution in [0.5, 0.6) is 5.75 Å². The smallest absolute Gasteiger partial charge is 0.132 e. The van der Waals surface area contributed by atoms with Gasteiger partial charge in [0.25, 0.3) is 0 Å². The molecule has 0 radical (unpaired) electrons. The standard InChI is InChI=1S/C31H38N6O/c1-5-29(34)30(35-27-10-8-25(22-33)9-11-27)21-28(12-14-37-17-15-36(4)16-18-37)38-31-23(2)19-26(7-6-13-32)20-24(31)3/h5,8-11,19-21,35H,1,6-7,12,14-18,34H2,2-4H3/b28-21+,30-29-. The average Bonchev–Trinajstić information content (AvgIpc) is 2.92. The van der Waals surface area contributed by atoms with Gasteiger partial charge in [0.15, 0.2) is 0 Å². The number of piperazine rings is 1. The molecule has 0 bridgehead atoms. The number of allylic oxidation sites excluding steroid dienone is 2. The summed E-state index contributed by atoms with van der Waals surface area (Å²) in [7, 11) is 2.15. The highest BCUT2D eigenvalue weighted by atomic mass is 16.5. The van der Waals surface area contributed by atoms with Gasteiger partial charge in [-0.25, -0.2) is 0 Å². The maximum atomic E-state index is 9.12. The summed E-state index contributed by atoms with van der Waals surface area (Å²) in [6.45, 7) is 13.0. The highest BCUT2D eigenvalue weighted by Crippen LogP contribution is 2.29. The van der Waals surface area contributed by atoms with Crippen molar-refractivity contribution in [2.45, 2.75) is 33.1 Å². The molecule has 3 N–H and O–H groups in total. The predicted octanol–water partition coefficient (Wildman–Crippen LogP) is 5.00. The minimum atomic E-state index is 0.491. The lowest BCUT2D eigenvalue weighted by atomic mass is 10.0. The number of nitriles is 2. The second-order valence-corrected chi connectivity index (χ2v) is 9.71. The Labute approximate surface area is 227 Å². The molecule has 3 rings (SSSR count). The minimum absolute atomic E-state index is 0.491. The van der Waals surface area contributed by atoms with E-state index in [9.17, 15) is 0 Å². The second-order valence-electron chi connectivity index (χ2n) is 9.71. The fourth-order valence-corrected chi connectivity index (χ4v) is 4.42. The zero-order chi connectivity index (χ0) is 27.5. The summed E-state index contributed by atoms with van der Waals surface area (Å²) in [6, 6.07) is 15.8. The zero-order valence-corrected chi connectivity index (χ0v) is 22.8. The van der Waals surface area contributed by atoms with Crippen LogP contribution in [0.25, 0.3) is 0 Å². The van der Waals surface area contributed by atoms with Crippen molar-refractivity contribution in [1.82, 2.24) is 9.80 Å². The van der Waals surface area contributed by atoms with Crippen molar-refractivity contribution in [3.05, 3.63) is 94.5 Å². The Kier molecular flexibility index (Phi) is 10.5. The summed E-state index contributed by atoms with van der Waals surface area (Å²) in [6.07, 6.45) is 5.49. The Hall–Kier alpha value is -4.04. The van der Waals surface area contributed by atoms with E-state index in [1.165, 1.54) is 0 Å². The third kappa shape index (κ3) is 8.24. The highest BCUT2D eigenvalue weighted by Gasteiger charge is 2.16. The summed E-state index contributed by atoms with van der Waals surface area (Å²) in [5.74, 6) is 1.62. The van der Waals surface area contributed by atoms with Gasteiger partial charge in [0.1, 0.15) is 11.5 Å². The largest absolute Gasteiger partial charge is 0.461 e. The number of likely N-dealkylation sites (N-methyl/N-ethyl adjacent to an activating group) is 1. The maximum absolute atomic E-state index is 9.12. The van der Waals surface area contributed by atoms with Gasteiger partial charge < -0.3 is 25.6 Å². The van der Waals surface area contributed by atoms with Gasteiger partial charge in [-0.05, 0) is 74.3 Å². The van der Waals surface area contributed by atoms with Gasteiger partial charge in [0.2, 0.25) is 0 Å². The molecular weight excluding hydrogens is 472 g/mol. The lowest BCUT2D eigenvalue weighted by Crippen LogP contribution is -2.44. The van der Waals surface area contributed by atoms with Crippen molar-refractivity contribution in [1.29, 1.82) is 10.5 Å². The normalized spacial score (nSPS) is 15.2. The number of rotatable bonds is 11. The molecule has 1 fully saturated rings. The quantitative estimate of drug-likeness (QED) is 0.324. The molecule has 0 aromatic heterocycles. The zero-order valence-electron chi connectivity index (χ0n) is 22.8. The number of nitrogens with one attached hydrogen (secondary N) is 1. The van der Waals surface area contributed by atoms with Gasteiger partial charge in [0, 0.05) is 57.3 Å². The van der Waals surface area contributed by atoms with Gasteiger partial charge in [-0.2, -0.15) is 10.5 Å². The molecule has 0 spiro atoms. The molecule has 0 amide bonds. The van der Waals surface area contributed by atoms with Crippen LogP contribution in [0.15, 0.2) is 72.3 Å². The van der Waals surface area contributed by atoms with E-state index >= 15 is 0 Å².